The van der Waals surface area contributed by atoms with E-state index >= 15 is 0 Å². The highest BCUT2D eigenvalue weighted by molar-refractivity contribution is 7.09. The Bertz CT molecular complexity index is 1350. The summed E-state index contributed by atoms with van der Waals surface area (Å²) in [5.74, 6) is -0.245. The van der Waals surface area contributed by atoms with Gasteiger partial charge < -0.3 is 15.8 Å². The molecular weight excluding hydrogens is 506 g/mol. The first-order valence-corrected chi connectivity index (χ1v) is 14.2. The van der Waals surface area contributed by atoms with Gasteiger partial charge in [0.05, 0.1) is 17.9 Å². The third kappa shape index (κ3) is 7.71. The first-order chi connectivity index (χ1) is 19.0. The molecule has 0 spiro atoms. The quantitative estimate of drug-likeness (QED) is 0.190. The van der Waals surface area contributed by atoms with Crippen molar-refractivity contribution in [1.29, 1.82) is 0 Å². The summed E-state index contributed by atoms with van der Waals surface area (Å²) in [4.78, 5) is 29.0. The molecule has 3 aromatic carbocycles. The number of benzene rings is 3. The van der Waals surface area contributed by atoms with Crippen molar-refractivity contribution in [2.75, 3.05) is 11.1 Å². The summed E-state index contributed by atoms with van der Waals surface area (Å²) in [5, 5.41) is 4.84. The number of para-hydroxylation sites is 2. The van der Waals surface area contributed by atoms with Crippen molar-refractivity contribution >= 4 is 34.7 Å². The molecule has 1 heterocycles. The average molecular weight is 542 g/mol. The van der Waals surface area contributed by atoms with Gasteiger partial charge in [0.2, 0.25) is 0 Å². The number of hydrogen-bond donors (Lipinski definition) is 2. The number of ether oxygens (including phenoxy) is 1. The number of aryl methyl sites for hydroxylation is 1. The molecule has 1 atom stereocenters. The molecule has 0 aliphatic carbocycles. The van der Waals surface area contributed by atoms with Gasteiger partial charge in [-0.2, -0.15) is 0 Å². The molecule has 0 aliphatic rings. The Labute approximate surface area is 234 Å². The lowest BCUT2D eigenvalue weighted by atomic mass is 10.0. The summed E-state index contributed by atoms with van der Waals surface area (Å²) in [5.41, 5.74) is 10.7. The van der Waals surface area contributed by atoms with E-state index in [0.29, 0.717) is 30.0 Å². The largest absolute Gasteiger partial charge is 0.441 e. The van der Waals surface area contributed by atoms with Gasteiger partial charge in [0.15, 0.2) is 0 Å². The number of anilines is 2. The third-order valence-electron chi connectivity index (χ3n) is 6.54. The van der Waals surface area contributed by atoms with Gasteiger partial charge in [-0.05, 0) is 65.2 Å². The van der Waals surface area contributed by atoms with E-state index in [1.54, 1.807) is 40.5 Å². The second-order valence-corrected chi connectivity index (χ2v) is 10.5. The van der Waals surface area contributed by atoms with E-state index in [2.05, 4.69) is 43.4 Å². The van der Waals surface area contributed by atoms with Crippen LogP contribution in [0.5, 0.6) is 0 Å². The second-order valence-electron chi connectivity index (χ2n) is 9.43. The molecule has 1 aromatic heterocycles. The first kappa shape index (κ1) is 27.9. The molecule has 39 heavy (non-hydrogen) atoms. The number of nitrogens with zero attached hydrogens (tertiary/aromatic N) is 1. The Morgan fingerprint density at radius 1 is 0.897 bits per heavy atom. The highest BCUT2D eigenvalue weighted by Crippen LogP contribution is 2.26. The van der Waals surface area contributed by atoms with Crippen LogP contribution in [0.1, 0.15) is 64.7 Å². The molecule has 0 saturated carbocycles. The molecule has 0 unspecified atom stereocenters. The number of carbonyl (C=O) groups excluding carboxylic acids is 2. The van der Waals surface area contributed by atoms with Crippen molar-refractivity contribution in [3.05, 3.63) is 117 Å². The van der Waals surface area contributed by atoms with E-state index in [-0.39, 0.29) is 18.1 Å². The Balaban J connectivity index is 1.47. The lowest BCUT2D eigenvalue weighted by Gasteiger charge is -2.26. The minimum Gasteiger partial charge on any atom is -0.441 e. The van der Waals surface area contributed by atoms with Crippen LogP contribution in [-0.4, -0.2) is 16.9 Å². The number of nitrogens with one attached hydrogen (secondary N) is 1. The zero-order chi connectivity index (χ0) is 27.6. The van der Waals surface area contributed by atoms with Crippen LogP contribution < -0.4 is 11.1 Å². The van der Waals surface area contributed by atoms with E-state index in [0.717, 1.165) is 35.3 Å². The lowest BCUT2D eigenvalue weighted by Crippen LogP contribution is -2.31. The van der Waals surface area contributed by atoms with Crippen molar-refractivity contribution in [2.24, 2.45) is 0 Å². The number of thiophene rings is 1. The van der Waals surface area contributed by atoms with Crippen molar-refractivity contribution < 1.29 is 14.3 Å². The van der Waals surface area contributed by atoms with Crippen molar-refractivity contribution in [3.63, 3.8) is 0 Å². The van der Waals surface area contributed by atoms with Crippen LogP contribution in [0.15, 0.2) is 90.3 Å². The number of rotatable bonds is 11. The average Bonchev–Trinajstić information content (AvgIpc) is 3.47. The highest BCUT2D eigenvalue weighted by Gasteiger charge is 2.22. The van der Waals surface area contributed by atoms with Gasteiger partial charge in [0.1, 0.15) is 6.10 Å². The molecule has 0 radical (unpaired) electrons. The molecule has 0 aliphatic heterocycles. The third-order valence-corrected chi connectivity index (χ3v) is 7.40. The summed E-state index contributed by atoms with van der Waals surface area (Å²) in [6.07, 6.45) is 1.95. The van der Waals surface area contributed by atoms with E-state index in [9.17, 15) is 9.59 Å². The predicted octanol–water partition coefficient (Wildman–Crippen LogP) is 7.83. The van der Waals surface area contributed by atoms with Crippen LogP contribution in [0.4, 0.5) is 16.2 Å². The van der Waals surface area contributed by atoms with Crippen LogP contribution in [0.25, 0.3) is 0 Å². The number of nitrogens with two attached hydrogens (primary N) is 1. The van der Waals surface area contributed by atoms with E-state index in [1.807, 2.05) is 41.8 Å². The maximum Gasteiger partial charge on any atom is 0.411 e. The second kappa shape index (κ2) is 13.6. The molecule has 0 saturated heterocycles. The van der Waals surface area contributed by atoms with Gasteiger partial charge in [0, 0.05) is 17.0 Å². The van der Waals surface area contributed by atoms with Crippen molar-refractivity contribution in [3.8, 4) is 0 Å². The number of carbonyl (C=O) groups is 2. The highest BCUT2D eigenvalue weighted by atomic mass is 32.1. The summed E-state index contributed by atoms with van der Waals surface area (Å²) in [6, 6.07) is 26.7. The molecule has 0 fully saturated rings. The fourth-order valence-electron chi connectivity index (χ4n) is 4.28. The smallest absolute Gasteiger partial charge is 0.411 e. The van der Waals surface area contributed by atoms with Gasteiger partial charge >= 0.3 is 6.09 Å². The Hall–Kier alpha value is -4.10. The molecule has 0 bridgehead atoms. The minimum absolute atomic E-state index is 0.245. The predicted molar refractivity (Wildman–Crippen MR) is 159 cm³/mol. The molecular formula is C32H35N3O3S. The molecule has 6 nitrogen and oxygen atoms in total. The van der Waals surface area contributed by atoms with Crippen LogP contribution in [0.2, 0.25) is 0 Å². The fourth-order valence-corrected chi connectivity index (χ4v) is 5.00. The summed E-state index contributed by atoms with van der Waals surface area (Å²) in [6.45, 7) is 5.02. The lowest BCUT2D eigenvalue weighted by molar-refractivity contribution is 0.0540. The summed E-state index contributed by atoms with van der Waals surface area (Å²) in [7, 11) is 0. The van der Waals surface area contributed by atoms with Crippen molar-refractivity contribution in [2.45, 2.75) is 52.3 Å². The fraction of sp³-hybridized carbons (Fsp3) is 0.250. The van der Waals surface area contributed by atoms with Crippen LogP contribution in [0.3, 0.4) is 0 Å². The van der Waals surface area contributed by atoms with E-state index in [1.165, 1.54) is 5.56 Å². The van der Waals surface area contributed by atoms with Crippen LogP contribution in [-0.2, 0) is 24.2 Å². The maximum absolute atomic E-state index is 13.5. The normalized spacial score (nSPS) is 11.5. The molecule has 202 valence electrons. The summed E-state index contributed by atoms with van der Waals surface area (Å²) >= 11 is 1.60. The van der Waals surface area contributed by atoms with E-state index in [4.69, 9.17) is 10.5 Å². The molecule has 7 heteroatoms. The topological polar surface area (TPSA) is 84.7 Å². The number of amides is 2. The Kier molecular flexibility index (Phi) is 9.75. The molecule has 4 aromatic rings. The zero-order valence-corrected chi connectivity index (χ0v) is 23.2. The summed E-state index contributed by atoms with van der Waals surface area (Å²) < 4.78 is 6.09. The molecule has 4 rings (SSSR count). The van der Waals surface area contributed by atoms with Crippen LogP contribution >= 0.6 is 11.3 Å². The van der Waals surface area contributed by atoms with Crippen molar-refractivity contribution in [1.82, 2.24) is 4.90 Å². The Morgan fingerprint density at radius 3 is 2.26 bits per heavy atom. The van der Waals surface area contributed by atoms with Gasteiger partial charge in [0.25, 0.3) is 5.91 Å². The van der Waals surface area contributed by atoms with E-state index < -0.39 is 0 Å². The Morgan fingerprint density at radius 2 is 1.62 bits per heavy atom. The molecule has 2 amide bonds. The van der Waals surface area contributed by atoms with Gasteiger partial charge in [-0.3, -0.25) is 9.69 Å². The maximum atomic E-state index is 13.5. The monoisotopic (exact) mass is 541 g/mol. The minimum atomic E-state index is -0.359. The van der Waals surface area contributed by atoms with Gasteiger partial charge in [-0.1, -0.05) is 74.9 Å². The standard InChI is InChI=1S/C32H35N3O3S/c1-3-8-30(25-16-12-23(4-2)13-17-25)38-32(37)35(22-27-9-7-20-39-27)21-24-14-18-26(19-15-24)31(36)34-29-11-6-5-10-28(29)33/h5-7,9-20,30H,3-4,8,21-22,33H2,1-2H3,(H,34,36)/t30-/m1/s1. The first-order valence-electron chi connectivity index (χ1n) is 13.3. The van der Waals surface area contributed by atoms with Crippen LogP contribution in [0, 0.1) is 0 Å². The SMILES string of the molecule is CCC[C@@H](OC(=O)N(Cc1ccc(C(=O)Nc2ccccc2N)cc1)Cc1cccs1)c1ccc(CC)cc1. The molecule has 3 N–H and O–H groups in total. The number of hydrogen-bond acceptors (Lipinski definition) is 5. The van der Waals surface area contributed by atoms with Gasteiger partial charge in [-0.25, -0.2) is 4.79 Å². The zero-order valence-electron chi connectivity index (χ0n) is 22.4. The van der Waals surface area contributed by atoms with Gasteiger partial charge in [-0.15, -0.1) is 11.3 Å². The number of nitrogen functional groups attached to an aromatic ring is 1.